The third kappa shape index (κ3) is 3.67. The summed E-state index contributed by atoms with van der Waals surface area (Å²) >= 11 is 0. The third-order valence-electron chi connectivity index (χ3n) is 4.30. The monoisotopic (exact) mass is 375 g/mol. The molecular formula is C16H20F3N3O4. The average molecular weight is 375 g/mol. The summed E-state index contributed by atoms with van der Waals surface area (Å²) in [4.78, 5) is 11.9. The van der Waals surface area contributed by atoms with Crippen molar-refractivity contribution in [1.29, 1.82) is 0 Å². The fourth-order valence-electron chi connectivity index (χ4n) is 3.17. The zero-order valence-corrected chi connectivity index (χ0v) is 14.6. The number of methoxy groups -OCH3 is 1. The molecule has 7 nitrogen and oxygen atoms in total. The first-order chi connectivity index (χ1) is 12.0. The molecule has 1 aliphatic heterocycles. The lowest BCUT2D eigenvalue weighted by molar-refractivity contribution is -0.929. The third-order valence-corrected chi connectivity index (χ3v) is 4.30. The van der Waals surface area contributed by atoms with Crippen molar-refractivity contribution in [2.75, 3.05) is 25.1 Å². The van der Waals surface area contributed by atoms with Crippen LogP contribution < -0.4 is 4.90 Å². The molecule has 26 heavy (non-hydrogen) atoms. The van der Waals surface area contributed by atoms with E-state index in [0.29, 0.717) is 6.42 Å². The Morgan fingerprint density at radius 3 is 2.58 bits per heavy atom. The Labute approximate surface area is 148 Å². The van der Waals surface area contributed by atoms with E-state index in [1.165, 1.54) is 31.1 Å². The van der Waals surface area contributed by atoms with E-state index in [-0.39, 0.29) is 23.6 Å². The van der Waals surface area contributed by atoms with Gasteiger partial charge in [-0.05, 0) is 31.5 Å². The van der Waals surface area contributed by atoms with E-state index in [9.17, 15) is 28.5 Å². The molecule has 1 heterocycles. The number of hydroxylamine groups is 3. The Balaban J connectivity index is 2.65. The van der Waals surface area contributed by atoms with Gasteiger partial charge in [0.15, 0.2) is 6.54 Å². The number of anilines is 1. The van der Waals surface area contributed by atoms with Gasteiger partial charge in [-0.1, -0.05) is 13.0 Å². The van der Waals surface area contributed by atoms with Gasteiger partial charge in [-0.3, -0.25) is 15.0 Å². The molecule has 0 aliphatic carbocycles. The van der Waals surface area contributed by atoms with Crippen LogP contribution in [0, 0.1) is 15.3 Å². The molecule has 10 heteroatoms. The van der Waals surface area contributed by atoms with E-state index < -0.39 is 34.2 Å². The van der Waals surface area contributed by atoms with Crippen molar-refractivity contribution < 1.29 is 27.5 Å². The fraction of sp³-hybridized carbons (Fsp3) is 0.500. The number of nitrogens with zero attached hydrogens (tertiary/aromatic N) is 3. The maximum absolute atomic E-state index is 13.2. The van der Waals surface area contributed by atoms with Gasteiger partial charge in [0.25, 0.3) is 6.35 Å². The standard InChI is InChI=1S/C16H20F3N3O4/c1-4-8-22(25)10-14(21(23)24)11(2)20(15(22)26-3)13-7-5-6-12(9-13)16(17,18)19/h5-7,9,15H,4,8,10H2,1-3H3. The smallest absolute Gasteiger partial charge is 0.416 e. The number of alkyl halides is 3. The molecule has 2 unspecified atom stereocenters. The highest BCUT2D eigenvalue weighted by atomic mass is 19.4. The maximum Gasteiger partial charge on any atom is 0.416 e. The number of quaternary nitrogens is 1. The van der Waals surface area contributed by atoms with Gasteiger partial charge in [0.2, 0.25) is 0 Å². The molecule has 2 atom stereocenters. The number of rotatable bonds is 5. The van der Waals surface area contributed by atoms with Gasteiger partial charge >= 0.3 is 11.9 Å². The van der Waals surface area contributed by atoms with E-state index in [4.69, 9.17) is 4.74 Å². The van der Waals surface area contributed by atoms with Crippen LogP contribution in [0.25, 0.3) is 0 Å². The summed E-state index contributed by atoms with van der Waals surface area (Å²) in [6, 6.07) is 4.31. The van der Waals surface area contributed by atoms with Crippen LogP contribution >= 0.6 is 0 Å². The van der Waals surface area contributed by atoms with Gasteiger partial charge in [0.1, 0.15) is 5.70 Å². The lowest BCUT2D eigenvalue weighted by Crippen LogP contribution is -2.64. The minimum absolute atomic E-state index is 0.0117. The van der Waals surface area contributed by atoms with Crippen LogP contribution in [-0.2, 0) is 10.9 Å². The van der Waals surface area contributed by atoms with E-state index in [2.05, 4.69) is 0 Å². The largest absolute Gasteiger partial charge is 0.629 e. The molecule has 0 aromatic heterocycles. The summed E-state index contributed by atoms with van der Waals surface area (Å²) in [6.45, 7) is 2.76. The first-order valence-electron chi connectivity index (χ1n) is 7.96. The number of ether oxygens (including phenoxy) is 1. The molecule has 2 rings (SSSR count). The molecule has 0 N–H and O–H groups in total. The molecule has 0 fully saturated rings. The Morgan fingerprint density at radius 1 is 1.42 bits per heavy atom. The van der Waals surface area contributed by atoms with Crippen LogP contribution in [0.2, 0.25) is 0 Å². The molecular weight excluding hydrogens is 355 g/mol. The number of benzene rings is 1. The summed E-state index contributed by atoms with van der Waals surface area (Å²) in [6.07, 6.45) is -5.36. The van der Waals surface area contributed by atoms with Crippen LogP contribution in [0.15, 0.2) is 35.7 Å². The fourth-order valence-corrected chi connectivity index (χ4v) is 3.17. The van der Waals surface area contributed by atoms with Gasteiger partial charge in [-0.2, -0.15) is 13.2 Å². The van der Waals surface area contributed by atoms with Crippen LogP contribution in [0.3, 0.4) is 0 Å². The van der Waals surface area contributed by atoms with E-state index in [1.807, 2.05) is 0 Å². The summed E-state index contributed by atoms with van der Waals surface area (Å²) in [5.74, 6) is 0. The van der Waals surface area contributed by atoms with Crippen LogP contribution in [0.5, 0.6) is 0 Å². The van der Waals surface area contributed by atoms with E-state index >= 15 is 0 Å². The average Bonchev–Trinajstić information content (AvgIpc) is 2.55. The van der Waals surface area contributed by atoms with Crippen molar-refractivity contribution in [3.05, 3.63) is 56.5 Å². The van der Waals surface area contributed by atoms with Crippen LogP contribution in [0.1, 0.15) is 25.8 Å². The normalized spacial score (nSPS) is 24.1. The molecule has 0 saturated carbocycles. The highest BCUT2D eigenvalue weighted by molar-refractivity contribution is 5.55. The topological polar surface area (TPSA) is 78.7 Å². The quantitative estimate of drug-likeness (QED) is 0.339. The molecule has 0 spiro atoms. The first kappa shape index (κ1) is 20.1. The highest BCUT2D eigenvalue weighted by Gasteiger charge is 2.46. The molecule has 0 radical (unpaired) electrons. The lowest BCUT2D eigenvalue weighted by Gasteiger charge is -2.52. The van der Waals surface area contributed by atoms with Gasteiger partial charge in [0, 0.05) is 12.8 Å². The van der Waals surface area contributed by atoms with Crippen molar-refractivity contribution in [3.8, 4) is 0 Å². The predicted molar refractivity (Wildman–Crippen MR) is 88.1 cm³/mol. The second-order valence-corrected chi connectivity index (χ2v) is 6.10. The number of hydrogen-bond acceptors (Lipinski definition) is 5. The number of allylic oxidation sites excluding steroid dienone is 1. The van der Waals surface area contributed by atoms with Crippen molar-refractivity contribution in [2.45, 2.75) is 32.8 Å². The second kappa shape index (κ2) is 7.22. The number of halogens is 3. The van der Waals surface area contributed by atoms with Gasteiger partial charge < -0.3 is 14.6 Å². The SMILES string of the molecule is CCC[N+]1([O-])CC([N+](=O)[O-])=C(C)N(c2cccc(C(F)(F)F)c2)C1OC. The minimum Gasteiger partial charge on any atom is -0.629 e. The molecule has 0 saturated heterocycles. The molecule has 0 bridgehead atoms. The minimum atomic E-state index is -4.58. The van der Waals surface area contributed by atoms with Crippen LogP contribution in [0.4, 0.5) is 18.9 Å². The molecule has 1 aromatic carbocycles. The lowest BCUT2D eigenvalue weighted by atomic mass is 10.1. The summed E-state index contributed by atoms with van der Waals surface area (Å²) in [5, 5.41) is 24.6. The number of hydrogen-bond donors (Lipinski definition) is 0. The van der Waals surface area contributed by atoms with E-state index in [0.717, 1.165) is 12.1 Å². The maximum atomic E-state index is 13.2. The summed E-state index contributed by atoms with van der Waals surface area (Å²) in [7, 11) is 1.26. The molecule has 0 amide bonds. The van der Waals surface area contributed by atoms with Crippen LogP contribution in [-0.4, -0.2) is 36.1 Å². The Morgan fingerprint density at radius 2 is 2.08 bits per heavy atom. The highest BCUT2D eigenvalue weighted by Crippen LogP contribution is 2.38. The van der Waals surface area contributed by atoms with Crippen molar-refractivity contribution in [3.63, 3.8) is 0 Å². The van der Waals surface area contributed by atoms with Crippen molar-refractivity contribution >= 4 is 5.69 Å². The molecule has 144 valence electrons. The second-order valence-electron chi connectivity index (χ2n) is 6.10. The Hall–Kier alpha value is -2.17. The zero-order valence-electron chi connectivity index (χ0n) is 14.6. The Bertz CT molecular complexity index is 723. The van der Waals surface area contributed by atoms with E-state index in [1.54, 1.807) is 6.92 Å². The van der Waals surface area contributed by atoms with Crippen molar-refractivity contribution in [2.24, 2.45) is 0 Å². The summed E-state index contributed by atoms with van der Waals surface area (Å²) in [5.41, 5.74) is -1.15. The Kier molecular flexibility index (Phi) is 5.59. The summed E-state index contributed by atoms with van der Waals surface area (Å²) < 4.78 is 43.4. The first-order valence-corrected chi connectivity index (χ1v) is 7.96. The molecule has 1 aromatic rings. The molecule has 1 aliphatic rings. The van der Waals surface area contributed by atoms with Crippen molar-refractivity contribution in [1.82, 2.24) is 0 Å². The van der Waals surface area contributed by atoms with Gasteiger partial charge in [0.05, 0.1) is 17.0 Å². The predicted octanol–water partition coefficient (Wildman–Crippen LogP) is 3.69. The van der Waals surface area contributed by atoms with Gasteiger partial charge in [-0.15, -0.1) is 0 Å². The zero-order chi connectivity index (χ0) is 19.7. The number of nitro groups is 1. The van der Waals surface area contributed by atoms with Gasteiger partial charge in [-0.25, -0.2) is 0 Å².